The van der Waals surface area contributed by atoms with Crippen LogP contribution in [0.5, 0.6) is 0 Å². The molecule has 1 aromatic carbocycles. The molecule has 0 aliphatic carbocycles. The smallest absolute Gasteiger partial charge is 0.236 e. The van der Waals surface area contributed by atoms with Crippen LogP contribution in [0.15, 0.2) is 30.3 Å². The van der Waals surface area contributed by atoms with E-state index >= 15 is 0 Å². The lowest BCUT2D eigenvalue weighted by atomic mass is 9.98. The summed E-state index contributed by atoms with van der Waals surface area (Å²) in [7, 11) is 1.86. The molecule has 114 valence electrons. The molecule has 1 amide bonds. The van der Waals surface area contributed by atoms with Gasteiger partial charge in [-0.15, -0.1) is 0 Å². The Morgan fingerprint density at radius 1 is 1.33 bits per heavy atom. The maximum absolute atomic E-state index is 12.4. The highest BCUT2D eigenvalue weighted by atomic mass is 16.2. The molecule has 1 heterocycles. The fraction of sp³-hybridized carbons (Fsp3) is 0.529. The summed E-state index contributed by atoms with van der Waals surface area (Å²) in [6.07, 6.45) is 2.78. The Kier molecular flexibility index (Phi) is 5.51. The Labute approximate surface area is 126 Å². The Morgan fingerprint density at radius 2 is 1.95 bits per heavy atom. The number of hydrogen-bond donors (Lipinski definition) is 0. The van der Waals surface area contributed by atoms with Gasteiger partial charge in [-0.25, -0.2) is 0 Å². The molecular weight excluding hydrogens is 264 g/mol. The van der Waals surface area contributed by atoms with Crippen LogP contribution in [0.25, 0.3) is 0 Å². The fourth-order valence-corrected chi connectivity index (χ4v) is 2.72. The van der Waals surface area contributed by atoms with Gasteiger partial charge in [0.25, 0.3) is 0 Å². The van der Waals surface area contributed by atoms with Crippen molar-refractivity contribution in [2.75, 3.05) is 26.7 Å². The molecule has 0 saturated carbocycles. The van der Waals surface area contributed by atoms with Gasteiger partial charge in [0.1, 0.15) is 6.29 Å². The number of rotatable bonds is 5. The van der Waals surface area contributed by atoms with Crippen LogP contribution >= 0.6 is 0 Å². The van der Waals surface area contributed by atoms with E-state index in [4.69, 9.17) is 0 Å². The zero-order valence-electron chi connectivity index (χ0n) is 12.9. The maximum atomic E-state index is 12.4. The van der Waals surface area contributed by atoms with Crippen molar-refractivity contribution in [2.45, 2.75) is 25.8 Å². The first kappa shape index (κ1) is 15.7. The molecule has 0 aromatic heterocycles. The monoisotopic (exact) mass is 288 g/mol. The van der Waals surface area contributed by atoms with Crippen LogP contribution in [-0.4, -0.2) is 48.7 Å². The van der Waals surface area contributed by atoms with Crippen molar-refractivity contribution in [3.63, 3.8) is 0 Å². The molecule has 1 aliphatic heterocycles. The minimum atomic E-state index is 0.0752. The van der Waals surface area contributed by atoms with Crippen LogP contribution in [0.1, 0.15) is 31.4 Å². The number of carbonyl (C=O) groups is 2. The van der Waals surface area contributed by atoms with Gasteiger partial charge in [0.05, 0.1) is 12.6 Å². The van der Waals surface area contributed by atoms with Crippen molar-refractivity contribution in [2.24, 2.45) is 5.92 Å². The van der Waals surface area contributed by atoms with Crippen molar-refractivity contribution < 1.29 is 9.59 Å². The average Bonchev–Trinajstić information content (AvgIpc) is 2.55. The van der Waals surface area contributed by atoms with Gasteiger partial charge in [0.2, 0.25) is 5.91 Å². The number of nitrogens with zero attached hydrogens (tertiary/aromatic N) is 2. The summed E-state index contributed by atoms with van der Waals surface area (Å²) in [6.45, 7) is 4.16. The normalized spacial score (nSPS) is 18.2. The third-order valence-corrected chi connectivity index (χ3v) is 4.44. The first-order valence-corrected chi connectivity index (χ1v) is 7.60. The van der Waals surface area contributed by atoms with Crippen LogP contribution in [0.3, 0.4) is 0 Å². The number of hydrogen-bond acceptors (Lipinski definition) is 3. The van der Waals surface area contributed by atoms with Crippen molar-refractivity contribution >= 4 is 12.2 Å². The first-order chi connectivity index (χ1) is 10.1. The standard InChI is InChI=1S/C17H24N2O2/c1-14(16-6-4-3-5-7-16)18(2)17(21)12-19-10-8-15(13-20)9-11-19/h3-7,13-15H,8-12H2,1-2H3. The summed E-state index contributed by atoms with van der Waals surface area (Å²) in [5.41, 5.74) is 1.15. The molecule has 1 fully saturated rings. The van der Waals surface area contributed by atoms with E-state index in [0.717, 1.165) is 37.8 Å². The number of aldehydes is 1. The van der Waals surface area contributed by atoms with Crippen molar-refractivity contribution in [1.29, 1.82) is 0 Å². The average molecular weight is 288 g/mol. The van der Waals surface area contributed by atoms with Crippen LogP contribution in [0.4, 0.5) is 0 Å². The number of likely N-dealkylation sites (tertiary alicyclic amines) is 1. The van der Waals surface area contributed by atoms with Gasteiger partial charge in [0, 0.05) is 13.0 Å². The summed E-state index contributed by atoms with van der Waals surface area (Å²) in [5, 5.41) is 0. The van der Waals surface area contributed by atoms with Gasteiger partial charge in [0.15, 0.2) is 0 Å². The Hall–Kier alpha value is -1.68. The number of likely N-dealkylation sites (N-methyl/N-ethyl adjacent to an activating group) is 1. The third kappa shape index (κ3) is 4.14. The minimum Gasteiger partial charge on any atom is -0.338 e. The number of piperidine rings is 1. The largest absolute Gasteiger partial charge is 0.338 e. The van der Waals surface area contributed by atoms with Crippen LogP contribution in [0, 0.1) is 5.92 Å². The molecule has 21 heavy (non-hydrogen) atoms. The summed E-state index contributed by atoms with van der Waals surface area (Å²) >= 11 is 0. The molecule has 4 heteroatoms. The fourth-order valence-electron chi connectivity index (χ4n) is 2.72. The summed E-state index contributed by atoms with van der Waals surface area (Å²) in [6, 6.07) is 10.1. The molecule has 0 spiro atoms. The second kappa shape index (κ2) is 7.36. The van der Waals surface area contributed by atoms with E-state index in [-0.39, 0.29) is 17.9 Å². The van der Waals surface area contributed by atoms with E-state index in [9.17, 15) is 9.59 Å². The quantitative estimate of drug-likeness (QED) is 0.779. The lowest BCUT2D eigenvalue weighted by Gasteiger charge is -2.32. The van der Waals surface area contributed by atoms with Crippen LogP contribution < -0.4 is 0 Å². The van der Waals surface area contributed by atoms with Gasteiger partial charge in [-0.3, -0.25) is 9.69 Å². The van der Waals surface area contributed by atoms with E-state index in [0.29, 0.717) is 6.54 Å². The molecule has 0 bridgehead atoms. The molecule has 1 saturated heterocycles. The van der Waals surface area contributed by atoms with E-state index in [1.807, 2.05) is 44.3 Å². The Morgan fingerprint density at radius 3 is 2.52 bits per heavy atom. The van der Waals surface area contributed by atoms with Crippen LogP contribution in [-0.2, 0) is 9.59 Å². The molecule has 1 aromatic rings. The van der Waals surface area contributed by atoms with Gasteiger partial charge in [-0.1, -0.05) is 30.3 Å². The van der Waals surface area contributed by atoms with Crippen molar-refractivity contribution in [3.8, 4) is 0 Å². The molecular formula is C17H24N2O2. The highest BCUT2D eigenvalue weighted by Gasteiger charge is 2.23. The molecule has 0 radical (unpaired) electrons. The highest BCUT2D eigenvalue weighted by Crippen LogP contribution is 2.19. The first-order valence-electron chi connectivity index (χ1n) is 7.60. The van der Waals surface area contributed by atoms with Crippen LogP contribution in [0.2, 0.25) is 0 Å². The van der Waals surface area contributed by atoms with Crippen molar-refractivity contribution in [1.82, 2.24) is 9.80 Å². The molecule has 1 atom stereocenters. The molecule has 0 N–H and O–H groups in total. The lowest BCUT2D eigenvalue weighted by molar-refractivity contribution is -0.133. The van der Waals surface area contributed by atoms with E-state index < -0.39 is 0 Å². The van der Waals surface area contributed by atoms with Gasteiger partial charge >= 0.3 is 0 Å². The predicted octanol–water partition coefficient (Wildman–Crippen LogP) is 2.12. The van der Waals surface area contributed by atoms with E-state index in [2.05, 4.69) is 4.90 Å². The van der Waals surface area contributed by atoms with Gasteiger partial charge in [-0.05, 0) is 38.4 Å². The lowest BCUT2D eigenvalue weighted by Crippen LogP contribution is -2.43. The van der Waals surface area contributed by atoms with E-state index in [1.54, 1.807) is 4.90 Å². The summed E-state index contributed by atoms with van der Waals surface area (Å²) in [4.78, 5) is 27.1. The predicted molar refractivity (Wildman–Crippen MR) is 82.9 cm³/mol. The zero-order chi connectivity index (χ0) is 15.2. The minimum absolute atomic E-state index is 0.0752. The Bertz CT molecular complexity index is 467. The summed E-state index contributed by atoms with van der Waals surface area (Å²) < 4.78 is 0. The van der Waals surface area contributed by atoms with Crippen molar-refractivity contribution in [3.05, 3.63) is 35.9 Å². The molecule has 1 unspecified atom stereocenters. The Balaban J connectivity index is 1.87. The molecule has 2 rings (SSSR count). The molecule has 1 aliphatic rings. The maximum Gasteiger partial charge on any atom is 0.236 e. The number of amides is 1. The van der Waals surface area contributed by atoms with E-state index in [1.165, 1.54) is 0 Å². The number of carbonyl (C=O) groups excluding carboxylic acids is 2. The SMILES string of the molecule is CC(c1ccccc1)N(C)C(=O)CN1CCC(C=O)CC1. The topological polar surface area (TPSA) is 40.6 Å². The highest BCUT2D eigenvalue weighted by molar-refractivity contribution is 5.78. The second-order valence-corrected chi connectivity index (χ2v) is 5.84. The number of benzene rings is 1. The molecule has 4 nitrogen and oxygen atoms in total. The second-order valence-electron chi connectivity index (χ2n) is 5.84. The third-order valence-electron chi connectivity index (χ3n) is 4.44. The summed E-state index contributed by atoms with van der Waals surface area (Å²) in [5.74, 6) is 0.313. The zero-order valence-corrected chi connectivity index (χ0v) is 12.9. The van der Waals surface area contributed by atoms with Gasteiger partial charge < -0.3 is 9.69 Å². The van der Waals surface area contributed by atoms with Gasteiger partial charge in [-0.2, -0.15) is 0 Å².